The molecule has 0 spiro atoms. The molecule has 0 saturated carbocycles. The fourth-order valence-corrected chi connectivity index (χ4v) is 3.58. The summed E-state index contributed by atoms with van der Waals surface area (Å²) < 4.78 is 7.24. The van der Waals surface area contributed by atoms with Crippen LogP contribution in [0, 0.1) is 0 Å². The summed E-state index contributed by atoms with van der Waals surface area (Å²) in [6.45, 7) is 3.28. The van der Waals surface area contributed by atoms with Crippen molar-refractivity contribution in [3.63, 3.8) is 0 Å². The van der Waals surface area contributed by atoms with Crippen LogP contribution in [0.3, 0.4) is 0 Å². The Morgan fingerprint density at radius 2 is 1.96 bits per heavy atom. The molecular formula is C16H23N3O4. The zero-order valence-electron chi connectivity index (χ0n) is 13.4. The molecule has 1 aromatic heterocycles. The third-order valence-corrected chi connectivity index (χ3v) is 5.14. The molecule has 2 saturated heterocycles. The molecule has 3 rings (SSSR count). The van der Waals surface area contributed by atoms with E-state index in [1.807, 2.05) is 6.92 Å². The van der Waals surface area contributed by atoms with Gasteiger partial charge in [-0.1, -0.05) is 0 Å². The first-order valence-corrected chi connectivity index (χ1v) is 8.15. The second-order valence-electron chi connectivity index (χ2n) is 6.62. The number of aromatic nitrogens is 2. The van der Waals surface area contributed by atoms with Crippen LogP contribution in [0.25, 0.3) is 0 Å². The van der Waals surface area contributed by atoms with E-state index in [-0.39, 0.29) is 5.91 Å². The average Bonchev–Trinajstić information content (AvgIpc) is 3.09. The molecule has 0 aromatic carbocycles. The number of nitrogens with zero attached hydrogens (tertiary/aromatic N) is 3. The van der Waals surface area contributed by atoms with Crippen LogP contribution in [0.1, 0.15) is 39.0 Å². The van der Waals surface area contributed by atoms with E-state index in [9.17, 15) is 14.7 Å². The largest absolute Gasteiger partial charge is 0.479 e. The third kappa shape index (κ3) is 2.73. The lowest BCUT2D eigenvalue weighted by atomic mass is 9.86. The van der Waals surface area contributed by atoms with Crippen LogP contribution in [0.4, 0.5) is 0 Å². The first-order valence-electron chi connectivity index (χ1n) is 8.15. The highest BCUT2D eigenvalue weighted by atomic mass is 16.5. The minimum atomic E-state index is -1.06. The number of carbonyl (C=O) groups is 2. The number of carboxylic acids is 1. The number of piperidine rings is 1. The molecule has 2 aliphatic rings. The number of amides is 1. The van der Waals surface area contributed by atoms with Crippen molar-refractivity contribution >= 4 is 11.9 Å². The normalized spacial score (nSPS) is 27.6. The number of rotatable bonds is 3. The molecule has 126 valence electrons. The Morgan fingerprint density at radius 1 is 1.22 bits per heavy atom. The second kappa shape index (κ2) is 5.96. The molecule has 3 heterocycles. The van der Waals surface area contributed by atoms with E-state index in [1.165, 1.54) is 4.68 Å². The van der Waals surface area contributed by atoms with Gasteiger partial charge in [-0.2, -0.15) is 5.10 Å². The summed E-state index contributed by atoms with van der Waals surface area (Å²) in [5.74, 6) is -0.912. The molecule has 23 heavy (non-hydrogen) atoms. The molecule has 2 fully saturated rings. The lowest BCUT2D eigenvalue weighted by molar-refractivity contribution is -0.167. The monoisotopic (exact) mass is 321 g/mol. The Bertz CT molecular complexity index is 570. The molecule has 0 radical (unpaired) electrons. The van der Waals surface area contributed by atoms with Gasteiger partial charge in [-0.3, -0.25) is 9.48 Å². The molecule has 2 aliphatic heterocycles. The van der Waals surface area contributed by atoms with E-state index in [4.69, 9.17) is 4.74 Å². The van der Waals surface area contributed by atoms with Gasteiger partial charge in [0.25, 0.3) is 5.91 Å². The number of hydrogen-bond donors (Lipinski definition) is 1. The smallest absolute Gasteiger partial charge is 0.331 e. The topological polar surface area (TPSA) is 84.7 Å². The standard InChI is InChI=1S/C16H23N3O4/c1-15(5-2-3-12-23-15)13(20)18-10-6-16(7-11-18,14(21)22)19-9-4-8-17-19/h4,8-9H,2-3,5-7,10-12H2,1H3,(H,21,22)/t15-/m0/s1. The summed E-state index contributed by atoms with van der Waals surface area (Å²) >= 11 is 0. The number of ether oxygens (including phenoxy) is 1. The molecule has 1 atom stereocenters. The summed E-state index contributed by atoms with van der Waals surface area (Å²) in [6.07, 6.45) is 6.67. The summed E-state index contributed by atoms with van der Waals surface area (Å²) in [7, 11) is 0. The second-order valence-corrected chi connectivity index (χ2v) is 6.62. The van der Waals surface area contributed by atoms with Crippen molar-refractivity contribution in [3.8, 4) is 0 Å². The van der Waals surface area contributed by atoms with Gasteiger partial charge < -0.3 is 14.7 Å². The number of hydrogen-bond acceptors (Lipinski definition) is 4. The van der Waals surface area contributed by atoms with Gasteiger partial charge in [-0.25, -0.2) is 4.79 Å². The highest BCUT2D eigenvalue weighted by Crippen LogP contribution is 2.33. The zero-order chi connectivity index (χ0) is 16.5. The summed E-state index contributed by atoms with van der Waals surface area (Å²) in [6, 6.07) is 1.72. The van der Waals surface area contributed by atoms with Crippen LogP contribution in [-0.2, 0) is 19.9 Å². The molecule has 7 nitrogen and oxygen atoms in total. The van der Waals surface area contributed by atoms with E-state index < -0.39 is 17.1 Å². The van der Waals surface area contributed by atoms with Gasteiger partial charge in [0.1, 0.15) is 5.60 Å². The number of carboxylic acid groups (broad SMARTS) is 1. The predicted octanol–water partition coefficient (Wildman–Crippen LogP) is 1.24. The quantitative estimate of drug-likeness (QED) is 0.905. The molecule has 1 amide bonds. The van der Waals surface area contributed by atoms with Crippen LogP contribution in [0.5, 0.6) is 0 Å². The summed E-state index contributed by atoms with van der Waals surface area (Å²) in [5, 5.41) is 13.8. The number of carbonyl (C=O) groups excluding carboxylic acids is 1. The van der Waals surface area contributed by atoms with Crippen molar-refractivity contribution in [2.75, 3.05) is 19.7 Å². The van der Waals surface area contributed by atoms with Crippen molar-refractivity contribution in [2.45, 2.75) is 50.2 Å². The Balaban J connectivity index is 1.72. The van der Waals surface area contributed by atoms with Crippen molar-refractivity contribution in [1.29, 1.82) is 0 Å². The number of aliphatic carboxylic acids is 1. The van der Waals surface area contributed by atoms with Crippen LogP contribution in [-0.4, -0.2) is 57.0 Å². The maximum Gasteiger partial charge on any atom is 0.331 e. The first kappa shape index (κ1) is 16.0. The zero-order valence-corrected chi connectivity index (χ0v) is 13.4. The lowest BCUT2D eigenvalue weighted by Gasteiger charge is -2.43. The van der Waals surface area contributed by atoms with Gasteiger partial charge in [-0.15, -0.1) is 0 Å². The van der Waals surface area contributed by atoms with Crippen molar-refractivity contribution in [1.82, 2.24) is 14.7 Å². The third-order valence-electron chi connectivity index (χ3n) is 5.14. The van der Waals surface area contributed by atoms with Crippen LogP contribution >= 0.6 is 0 Å². The fraction of sp³-hybridized carbons (Fsp3) is 0.688. The van der Waals surface area contributed by atoms with E-state index >= 15 is 0 Å². The Labute approximate surface area is 135 Å². The Hall–Kier alpha value is -1.89. The van der Waals surface area contributed by atoms with Crippen molar-refractivity contribution in [2.24, 2.45) is 0 Å². The Morgan fingerprint density at radius 3 is 2.48 bits per heavy atom. The molecule has 1 aromatic rings. The molecule has 0 bridgehead atoms. The van der Waals surface area contributed by atoms with Gasteiger partial charge in [-0.05, 0) is 32.3 Å². The van der Waals surface area contributed by atoms with Crippen LogP contribution in [0.2, 0.25) is 0 Å². The highest BCUT2D eigenvalue weighted by Gasteiger charge is 2.47. The van der Waals surface area contributed by atoms with E-state index in [1.54, 1.807) is 23.4 Å². The van der Waals surface area contributed by atoms with Gasteiger partial charge in [0, 0.05) is 44.9 Å². The Kier molecular flexibility index (Phi) is 4.14. The van der Waals surface area contributed by atoms with Crippen molar-refractivity contribution < 1.29 is 19.4 Å². The van der Waals surface area contributed by atoms with Crippen LogP contribution in [0.15, 0.2) is 18.5 Å². The molecule has 0 unspecified atom stereocenters. The SMILES string of the molecule is C[C@@]1(C(=O)N2CCC(C(=O)O)(n3cccn3)CC2)CCCCO1. The molecule has 1 N–H and O–H groups in total. The molecular weight excluding hydrogens is 298 g/mol. The van der Waals surface area contributed by atoms with E-state index in [2.05, 4.69) is 5.10 Å². The van der Waals surface area contributed by atoms with Crippen molar-refractivity contribution in [3.05, 3.63) is 18.5 Å². The van der Waals surface area contributed by atoms with E-state index in [0.717, 1.165) is 19.3 Å². The predicted molar refractivity (Wildman–Crippen MR) is 81.9 cm³/mol. The van der Waals surface area contributed by atoms with E-state index in [0.29, 0.717) is 32.5 Å². The minimum Gasteiger partial charge on any atom is -0.479 e. The average molecular weight is 321 g/mol. The number of likely N-dealkylation sites (tertiary alicyclic amines) is 1. The summed E-state index contributed by atoms with van der Waals surface area (Å²) in [4.78, 5) is 26.3. The van der Waals surface area contributed by atoms with Gasteiger partial charge in [0.15, 0.2) is 5.54 Å². The molecule has 7 heteroatoms. The maximum absolute atomic E-state index is 12.8. The first-order chi connectivity index (χ1) is 11.0. The fourth-order valence-electron chi connectivity index (χ4n) is 3.58. The minimum absolute atomic E-state index is 0.0170. The van der Waals surface area contributed by atoms with Crippen LogP contribution < -0.4 is 0 Å². The molecule has 0 aliphatic carbocycles. The van der Waals surface area contributed by atoms with Gasteiger partial charge in [0.05, 0.1) is 0 Å². The maximum atomic E-state index is 12.8. The van der Waals surface area contributed by atoms with Gasteiger partial charge in [0.2, 0.25) is 0 Å². The summed E-state index contributed by atoms with van der Waals surface area (Å²) in [5.41, 5.74) is -1.82. The highest BCUT2D eigenvalue weighted by molar-refractivity contribution is 5.85. The van der Waals surface area contributed by atoms with Gasteiger partial charge >= 0.3 is 5.97 Å². The lowest BCUT2D eigenvalue weighted by Crippen LogP contribution is -2.57.